The number of ketones is 1. The Hall–Kier alpha value is -4.62. The number of thioether (sulfide) groups is 1. The van der Waals surface area contributed by atoms with Crippen LogP contribution in [0.2, 0.25) is 0 Å². The number of ether oxygens (including phenoxy) is 4. The van der Waals surface area contributed by atoms with Crippen LogP contribution in [0.4, 0.5) is 9.52 Å². The lowest BCUT2D eigenvalue weighted by Gasteiger charge is -2.24. The molecule has 0 bridgehead atoms. The van der Waals surface area contributed by atoms with Crippen molar-refractivity contribution < 1.29 is 38.0 Å². The second-order valence-electron chi connectivity index (χ2n) is 11.2. The number of aromatic nitrogens is 2. The van der Waals surface area contributed by atoms with Crippen LogP contribution in [0.5, 0.6) is 23.0 Å². The number of halogens is 1. The van der Waals surface area contributed by atoms with Gasteiger partial charge in [-0.2, -0.15) is 0 Å². The van der Waals surface area contributed by atoms with Crippen LogP contribution in [0.1, 0.15) is 43.0 Å². The van der Waals surface area contributed by atoms with Crippen molar-refractivity contribution in [2.24, 2.45) is 5.92 Å². The van der Waals surface area contributed by atoms with E-state index in [2.05, 4.69) is 24.0 Å². The van der Waals surface area contributed by atoms with E-state index >= 15 is 0 Å². The molecule has 1 atom stereocenters. The number of hydrogen-bond donors (Lipinski definition) is 1. The summed E-state index contributed by atoms with van der Waals surface area (Å²) in [5, 5.41) is 20.3. The maximum atomic E-state index is 14.2. The van der Waals surface area contributed by atoms with Gasteiger partial charge in [-0.15, -0.1) is 10.2 Å². The Morgan fingerprint density at radius 1 is 1.06 bits per heavy atom. The molecule has 2 aliphatic heterocycles. The molecule has 2 aliphatic rings. The predicted molar refractivity (Wildman–Crippen MR) is 176 cm³/mol. The maximum absolute atomic E-state index is 14.2. The monoisotopic (exact) mass is 677 g/mol. The molecular weight excluding hydrogens is 646 g/mol. The highest BCUT2D eigenvalue weighted by atomic mass is 32.2. The van der Waals surface area contributed by atoms with Gasteiger partial charge in [0.15, 0.2) is 27.3 Å². The van der Waals surface area contributed by atoms with E-state index in [1.165, 1.54) is 29.8 Å². The van der Waals surface area contributed by atoms with E-state index in [1.807, 2.05) is 0 Å². The Balaban J connectivity index is 1.40. The number of anilines is 1. The number of fused-ring (bicyclic) bond motifs is 1. The third-order valence-electron chi connectivity index (χ3n) is 7.63. The number of aliphatic hydroxyl groups is 1. The zero-order valence-corrected chi connectivity index (χ0v) is 27.5. The molecule has 0 aliphatic carbocycles. The first-order valence-electron chi connectivity index (χ1n) is 15.0. The Morgan fingerprint density at radius 3 is 2.62 bits per heavy atom. The van der Waals surface area contributed by atoms with Crippen molar-refractivity contribution >= 4 is 45.7 Å². The van der Waals surface area contributed by atoms with Gasteiger partial charge in [0.2, 0.25) is 5.13 Å². The Morgan fingerprint density at radius 2 is 1.85 bits per heavy atom. The van der Waals surface area contributed by atoms with Gasteiger partial charge in [-0.25, -0.2) is 4.39 Å². The van der Waals surface area contributed by atoms with Gasteiger partial charge in [0, 0.05) is 11.3 Å². The quantitative estimate of drug-likeness (QED) is 0.0597. The normalized spacial score (nSPS) is 17.0. The minimum atomic E-state index is -1.08. The molecule has 1 amide bonds. The molecule has 10 nitrogen and oxygen atoms in total. The van der Waals surface area contributed by atoms with Gasteiger partial charge in [-0.05, 0) is 59.9 Å². The largest absolute Gasteiger partial charge is 0.507 e. The zero-order chi connectivity index (χ0) is 33.1. The first kappa shape index (κ1) is 32.3. The van der Waals surface area contributed by atoms with E-state index in [1.54, 1.807) is 54.6 Å². The molecule has 1 N–H and O–H groups in total. The number of carbonyl (C=O) groups excluding carboxylic acids is 2. The maximum Gasteiger partial charge on any atom is 0.301 e. The average molecular weight is 678 g/mol. The zero-order valence-electron chi connectivity index (χ0n) is 25.9. The SMILES string of the molecule is COc1cc(C2/C(=C(\O)c3ccc4c(c3)OCCO4)C(=O)C(=O)N2c2nnc(SCc3ccccc3F)s2)ccc1OCCC(C)C. The molecule has 0 saturated carbocycles. The summed E-state index contributed by atoms with van der Waals surface area (Å²) in [6, 6.07) is 15.3. The Bertz CT molecular complexity index is 1840. The minimum Gasteiger partial charge on any atom is -0.507 e. The van der Waals surface area contributed by atoms with Crippen LogP contribution >= 0.6 is 23.1 Å². The van der Waals surface area contributed by atoms with Crippen molar-refractivity contribution in [1.82, 2.24) is 10.2 Å². The van der Waals surface area contributed by atoms with Gasteiger partial charge < -0.3 is 24.1 Å². The van der Waals surface area contributed by atoms with Crippen molar-refractivity contribution in [1.29, 1.82) is 0 Å². The van der Waals surface area contributed by atoms with E-state index in [-0.39, 0.29) is 27.8 Å². The number of Topliss-reactive ketones (excluding diaryl/α,β-unsaturated/α-hetero) is 1. The fourth-order valence-electron chi connectivity index (χ4n) is 5.18. The fraction of sp³-hybridized carbons (Fsp3) is 0.294. The molecule has 3 heterocycles. The molecule has 6 rings (SSSR count). The van der Waals surface area contributed by atoms with E-state index in [0.717, 1.165) is 17.8 Å². The van der Waals surface area contributed by atoms with E-state index in [9.17, 15) is 19.1 Å². The molecule has 0 spiro atoms. The lowest BCUT2D eigenvalue weighted by molar-refractivity contribution is -0.132. The molecule has 4 aromatic rings. The second kappa shape index (κ2) is 14.0. The van der Waals surface area contributed by atoms with Gasteiger partial charge in [0.25, 0.3) is 5.78 Å². The first-order chi connectivity index (χ1) is 22.7. The van der Waals surface area contributed by atoms with Crippen LogP contribution in [-0.2, 0) is 15.3 Å². The molecular formula is C34H32FN3O7S2. The van der Waals surface area contributed by atoms with Gasteiger partial charge in [-0.1, -0.05) is 61.2 Å². The Kier molecular flexibility index (Phi) is 9.64. The number of aliphatic hydroxyl groups excluding tert-OH is 1. The summed E-state index contributed by atoms with van der Waals surface area (Å²) in [6.07, 6.45) is 0.842. The molecule has 0 radical (unpaired) electrons. The van der Waals surface area contributed by atoms with Crippen LogP contribution in [0.3, 0.4) is 0 Å². The highest BCUT2D eigenvalue weighted by Gasteiger charge is 2.48. The molecule has 3 aromatic carbocycles. The summed E-state index contributed by atoms with van der Waals surface area (Å²) in [6.45, 7) is 5.41. The molecule has 1 aromatic heterocycles. The average Bonchev–Trinajstić information content (AvgIpc) is 3.65. The third-order valence-corrected chi connectivity index (χ3v) is 9.73. The van der Waals surface area contributed by atoms with Crippen molar-refractivity contribution in [3.8, 4) is 23.0 Å². The summed E-state index contributed by atoms with van der Waals surface area (Å²) in [5.74, 6) is 0.0704. The lowest BCUT2D eigenvalue weighted by atomic mass is 9.95. The summed E-state index contributed by atoms with van der Waals surface area (Å²) >= 11 is 2.35. The molecule has 244 valence electrons. The Labute approximate surface area is 279 Å². The summed E-state index contributed by atoms with van der Waals surface area (Å²) in [4.78, 5) is 28.7. The number of carbonyl (C=O) groups is 2. The van der Waals surface area contributed by atoms with Gasteiger partial charge in [0.05, 0.1) is 25.3 Å². The van der Waals surface area contributed by atoms with E-state index in [4.69, 9.17) is 18.9 Å². The fourth-order valence-corrected chi connectivity index (χ4v) is 7.04. The highest BCUT2D eigenvalue weighted by molar-refractivity contribution is 8.00. The van der Waals surface area contributed by atoms with Crippen LogP contribution in [0.15, 0.2) is 70.6 Å². The number of rotatable bonds is 11. The summed E-state index contributed by atoms with van der Waals surface area (Å²) in [5.41, 5.74) is 1.11. The first-order valence-corrected chi connectivity index (χ1v) is 16.8. The van der Waals surface area contributed by atoms with Crippen molar-refractivity contribution in [2.45, 2.75) is 36.4 Å². The van der Waals surface area contributed by atoms with Gasteiger partial charge >= 0.3 is 5.91 Å². The molecule has 1 saturated heterocycles. The number of benzene rings is 3. The highest BCUT2D eigenvalue weighted by Crippen LogP contribution is 2.46. The molecule has 1 fully saturated rings. The van der Waals surface area contributed by atoms with Crippen molar-refractivity contribution in [3.63, 3.8) is 0 Å². The van der Waals surface area contributed by atoms with E-state index < -0.39 is 17.7 Å². The van der Waals surface area contributed by atoms with Gasteiger partial charge in [0.1, 0.15) is 24.8 Å². The standard InChI is InChI=1S/C34H32FN3O7S2/c1-19(2)12-13-43-24-10-8-20(16-26(24)42-3)29-28(30(39)21-9-11-25-27(17-21)45-15-14-44-25)31(40)32(41)38(29)33-36-37-34(47-33)46-18-22-6-4-5-7-23(22)35/h4-11,16-17,19,29,39H,12-15,18H2,1-3H3/b30-28+. The minimum absolute atomic E-state index is 0.141. The topological polar surface area (TPSA) is 120 Å². The van der Waals surface area contributed by atoms with Crippen molar-refractivity contribution in [3.05, 3.63) is 88.7 Å². The van der Waals surface area contributed by atoms with E-state index in [0.29, 0.717) is 70.0 Å². The molecule has 47 heavy (non-hydrogen) atoms. The van der Waals surface area contributed by atoms with Gasteiger partial charge in [-0.3, -0.25) is 14.5 Å². The van der Waals surface area contributed by atoms with Crippen molar-refractivity contribution in [2.75, 3.05) is 31.8 Å². The predicted octanol–water partition coefficient (Wildman–Crippen LogP) is 6.80. The summed E-state index contributed by atoms with van der Waals surface area (Å²) in [7, 11) is 1.50. The van der Waals surface area contributed by atoms with Crippen LogP contribution in [0, 0.1) is 11.7 Å². The van der Waals surface area contributed by atoms with Crippen LogP contribution in [0.25, 0.3) is 5.76 Å². The smallest absolute Gasteiger partial charge is 0.301 e. The number of hydrogen-bond acceptors (Lipinski definition) is 11. The number of nitrogens with zero attached hydrogens (tertiary/aromatic N) is 3. The number of amides is 1. The summed E-state index contributed by atoms with van der Waals surface area (Å²) < 4.78 is 37.6. The molecule has 13 heteroatoms. The second-order valence-corrected chi connectivity index (χ2v) is 13.4. The van der Waals surface area contributed by atoms with Crippen LogP contribution < -0.4 is 23.8 Å². The molecule has 1 unspecified atom stereocenters. The third kappa shape index (κ3) is 6.77. The number of methoxy groups -OCH3 is 1. The lowest BCUT2D eigenvalue weighted by Crippen LogP contribution is -2.29. The van der Waals surface area contributed by atoms with Crippen LogP contribution in [-0.4, -0.2) is 53.9 Å².